The first kappa shape index (κ1) is 11.1. The second-order valence-corrected chi connectivity index (χ2v) is 5.07. The van der Waals surface area contributed by atoms with Crippen LogP contribution in [0, 0.1) is 12.8 Å². The van der Waals surface area contributed by atoms with Gasteiger partial charge >= 0.3 is 0 Å². The van der Waals surface area contributed by atoms with Gasteiger partial charge in [-0.25, -0.2) is 0 Å². The molecule has 1 N–H and O–H groups in total. The molecule has 0 spiro atoms. The molecule has 3 rings (SSSR count). The van der Waals surface area contributed by atoms with Crippen LogP contribution in [0.2, 0.25) is 0 Å². The van der Waals surface area contributed by atoms with Crippen LogP contribution in [0.4, 0.5) is 0 Å². The summed E-state index contributed by atoms with van der Waals surface area (Å²) in [5, 5.41) is 10.2. The Morgan fingerprint density at radius 1 is 1.35 bits per heavy atom. The molecule has 2 aliphatic heterocycles. The molecule has 0 aliphatic carbocycles. The lowest BCUT2D eigenvalue weighted by Gasteiger charge is -2.32. The lowest BCUT2D eigenvalue weighted by atomic mass is 9.90. The van der Waals surface area contributed by atoms with E-state index >= 15 is 0 Å². The van der Waals surface area contributed by atoms with Gasteiger partial charge in [-0.05, 0) is 25.5 Å². The van der Waals surface area contributed by atoms with Gasteiger partial charge < -0.3 is 14.6 Å². The zero-order valence-corrected chi connectivity index (χ0v) is 10.1. The Kier molecular flexibility index (Phi) is 2.81. The summed E-state index contributed by atoms with van der Waals surface area (Å²) in [6, 6.07) is 6.01. The Bertz CT molecular complexity index is 410. The zero-order chi connectivity index (χ0) is 11.8. The average molecular weight is 234 g/mol. The van der Waals surface area contributed by atoms with Crippen molar-refractivity contribution < 1.29 is 14.6 Å². The topological polar surface area (TPSA) is 38.7 Å². The van der Waals surface area contributed by atoms with E-state index in [4.69, 9.17) is 9.47 Å². The van der Waals surface area contributed by atoms with E-state index in [0.717, 1.165) is 36.5 Å². The van der Waals surface area contributed by atoms with Crippen LogP contribution >= 0.6 is 0 Å². The van der Waals surface area contributed by atoms with Gasteiger partial charge in [0.2, 0.25) is 0 Å². The highest BCUT2D eigenvalue weighted by molar-refractivity contribution is 5.40. The van der Waals surface area contributed by atoms with Crippen molar-refractivity contribution in [3.05, 3.63) is 29.3 Å². The van der Waals surface area contributed by atoms with E-state index in [2.05, 4.69) is 0 Å². The molecule has 0 amide bonds. The monoisotopic (exact) mass is 234 g/mol. The summed E-state index contributed by atoms with van der Waals surface area (Å²) in [5.41, 5.74) is 2.09. The van der Waals surface area contributed by atoms with Crippen LogP contribution in [0.25, 0.3) is 0 Å². The number of aliphatic hydroxyl groups is 1. The standard InChI is InChI=1S/C14H18O3/c1-9-2-3-13-11(6-9)12(15)7-14(17-13)10-4-5-16-8-10/h2-3,6,10,12,14-15H,4-5,7-8H2,1H3. The molecule has 1 aromatic rings. The Labute approximate surface area is 101 Å². The minimum atomic E-state index is -0.399. The summed E-state index contributed by atoms with van der Waals surface area (Å²) in [4.78, 5) is 0. The van der Waals surface area contributed by atoms with Crippen molar-refractivity contribution in [1.82, 2.24) is 0 Å². The van der Waals surface area contributed by atoms with Crippen LogP contribution in [0.1, 0.15) is 30.1 Å². The van der Waals surface area contributed by atoms with Gasteiger partial charge in [0.05, 0.1) is 12.7 Å². The molecule has 92 valence electrons. The summed E-state index contributed by atoms with van der Waals surface area (Å²) in [6.45, 7) is 3.61. The lowest BCUT2D eigenvalue weighted by Crippen LogP contribution is -2.33. The summed E-state index contributed by atoms with van der Waals surface area (Å²) < 4.78 is 11.4. The van der Waals surface area contributed by atoms with Crippen LogP contribution in [0.5, 0.6) is 5.75 Å². The lowest BCUT2D eigenvalue weighted by molar-refractivity contribution is 0.0302. The van der Waals surface area contributed by atoms with Crippen molar-refractivity contribution >= 4 is 0 Å². The predicted octanol–water partition coefficient (Wildman–Crippen LogP) is 2.22. The molecule has 3 atom stereocenters. The normalized spacial score (nSPS) is 32.0. The van der Waals surface area contributed by atoms with E-state index in [1.165, 1.54) is 0 Å². The third-order valence-electron chi connectivity index (χ3n) is 3.75. The van der Waals surface area contributed by atoms with Gasteiger partial charge in [-0.15, -0.1) is 0 Å². The van der Waals surface area contributed by atoms with E-state index in [9.17, 15) is 5.11 Å². The number of aryl methyl sites for hydroxylation is 1. The number of benzene rings is 1. The quantitative estimate of drug-likeness (QED) is 0.809. The molecule has 2 aliphatic rings. The van der Waals surface area contributed by atoms with Crippen LogP contribution in [0.15, 0.2) is 18.2 Å². The second kappa shape index (κ2) is 4.31. The van der Waals surface area contributed by atoms with Crippen molar-refractivity contribution in [2.45, 2.75) is 32.0 Å². The minimum absolute atomic E-state index is 0.0997. The van der Waals surface area contributed by atoms with Crippen LogP contribution in [-0.4, -0.2) is 24.4 Å². The molecule has 1 fully saturated rings. The maximum atomic E-state index is 10.2. The van der Waals surface area contributed by atoms with E-state index < -0.39 is 6.10 Å². The molecule has 3 unspecified atom stereocenters. The average Bonchev–Trinajstić information content (AvgIpc) is 2.83. The van der Waals surface area contributed by atoms with Gasteiger partial charge in [0.15, 0.2) is 0 Å². The molecule has 2 heterocycles. The maximum absolute atomic E-state index is 10.2. The third kappa shape index (κ3) is 2.05. The number of rotatable bonds is 1. The maximum Gasteiger partial charge on any atom is 0.125 e. The Hall–Kier alpha value is -1.06. The molecule has 1 aromatic carbocycles. The third-order valence-corrected chi connectivity index (χ3v) is 3.75. The van der Waals surface area contributed by atoms with Crippen LogP contribution in [-0.2, 0) is 4.74 Å². The number of aliphatic hydroxyl groups excluding tert-OH is 1. The van der Waals surface area contributed by atoms with Gasteiger partial charge in [0.25, 0.3) is 0 Å². The van der Waals surface area contributed by atoms with Gasteiger partial charge in [0.1, 0.15) is 11.9 Å². The fourth-order valence-electron chi connectivity index (χ4n) is 2.73. The first-order chi connectivity index (χ1) is 8.24. The SMILES string of the molecule is Cc1ccc2c(c1)C(O)CC(C1CCOC1)O2. The van der Waals surface area contributed by atoms with Crippen molar-refractivity contribution in [2.24, 2.45) is 5.92 Å². The smallest absolute Gasteiger partial charge is 0.125 e. The van der Waals surface area contributed by atoms with E-state index in [0.29, 0.717) is 12.3 Å². The first-order valence-electron chi connectivity index (χ1n) is 6.27. The predicted molar refractivity (Wildman–Crippen MR) is 64.1 cm³/mol. The molecule has 3 nitrogen and oxygen atoms in total. The number of hydrogen-bond donors (Lipinski definition) is 1. The van der Waals surface area contributed by atoms with Crippen LogP contribution in [0.3, 0.4) is 0 Å². The number of ether oxygens (including phenoxy) is 2. The summed E-state index contributed by atoms with van der Waals surface area (Å²) in [5.74, 6) is 1.27. The van der Waals surface area contributed by atoms with E-state index in [1.807, 2.05) is 25.1 Å². The Morgan fingerprint density at radius 3 is 3.00 bits per heavy atom. The van der Waals surface area contributed by atoms with Gasteiger partial charge in [-0.2, -0.15) is 0 Å². The molecular formula is C14H18O3. The highest BCUT2D eigenvalue weighted by atomic mass is 16.5. The van der Waals surface area contributed by atoms with Crippen LogP contribution < -0.4 is 4.74 Å². The fraction of sp³-hybridized carbons (Fsp3) is 0.571. The fourth-order valence-corrected chi connectivity index (χ4v) is 2.73. The number of hydrogen-bond acceptors (Lipinski definition) is 3. The highest BCUT2D eigenvalue weighted by Gasteiger charge is 2.34. The van der Waals surface area contributed by atoms with Crippen molar-refractivity contribution in [3.8, 4) is 5.75 Å². The Morgan fingerprint density at radius 2 is 2.24 bits per heavy atom. The summed E-state index contributed by atoms with van der Waals surface area (Å²) in [7, 11) is 0. The second-order valence-electron chi connectivity index (χ2n) is 5.07. The summed E-state index contributed by atoms with van der Waals surface area (Å²) in [6.07, 6.45) is 1.43. The van der Waals surface area contributed by atoms with Crippen molar-refractivity contribution in [3.63, 3.8) is 0 Å². The molecule has 0 bridgehead atoms. The summed E-state index contributed by atoms with van der Waals surface area (Å²) >= 11 is 0. The van der Waals surface area contributed by atoms with Crippen molar-refractivity contribution in [2.75, 3.05) is 13.2 Å². The van der Waals surface area contributed by atoms with Crippen molar-refractivity contribution in [1.29, 1.82) is 0 Å². The Balaban J connectivity index is 1.84. The zero-order valence-electron chi connectivity index (χ0n) is 10.1. The molecule has 3 heteroatoms. The highest BCUT2D eigenvalue weighted by Crippen LogP contribution is 2.38. The number of fused-ring (bicyclic) bond motifs is 1. The first-order valence-corrected chi connectivity index (χ1v) is 6.27. The minimum Gasteiger partial charge on any atom is -0.490 e. The van der Waals surface area contributed by atoms with Gasteiger partial charge in [-0.3, -0.25) is 0 Å². The molecule has 0 saturated carbocycles. The van der Waals surface area contributed by atoms with Gasteiger partial charge in [0, 0.05) is 24.5 Å². The van der Waals surface area contributed by atoms with E-state index in [-0.39, 0.29) is 6.10 Å². The van der Waals surface area contributed by atoms with Gasteiger partial charge in [-0.1, -0.05) is 11.6 Å². The molecule has 1 saturated heterocycles. The molecule has 0 aromatic heterocycles. The molecular weight excluding hydrogens is 216 g/mol. The molecule has 0 radical (unpaired) electrons. The molecule has 17 heavy (non-hydrogen) atoms. The van der Waals surface area contributed by atoms with E-state index in [1.54, 1.807) is 0 Å². The largest absolute Gasteiger partial charge is 0.490 e.